The van der Waals surface area contributed by atoms with Crippen LogP contribution in [0.2, 0.25) is 0 Å². The maximum Gasteiger partial charge on any atom is 0.341 e. The summed E-state index contributed by atoms with van der Waals surface area (Å²) < 4.78 is 10.6. The number of aliphatic carboxylic acids is 1. The maximum atomic E-state index is 12.4. The first-order valence-corrected chi connectivity index (χ1v) is 8.69. The lowest BCUT2D eigenvalue weighted by Crippen LogP contribution is -2.12. The highest BCUT2D eigenvalue weighted by Gasteiger charge is 2.08. The summed E-state index contributed by atoms with van der Waals surface area (Å²) in [6, 6.07) is 18.4. The smallest absolute Gasteiger partial charge is 0.341 e. The molecule has 0 unspecified atom stereocenters. The predicted octanol–water partition coefficient (Wildman–Crippen LogP) is 4.10. The van der Waals surface area contributed by atoms with Crippen molar-refractivity contribution < 1.29 is 29.1 Å². The number of benzene rings is 3. The van der Waals surface area contributed by atoms with E-state index in [0.29, 0.717) is 28.5 Å². The van der Waals surface area contributed by atoms with Gasteiger partial charge >= 0.3 is 5.97 Å². The van der Waals surface area contributed by atoms with Crippen molar-refractivity contribution in [2.24, 2.45) is 0 Å². The van der Waals surface area contributed by atoms with Crippen LogP contribution in [0.15, 0.2) is 72.8 Å². The van der Waals surface area contributed by atoms with E-state index in [1.807, 2.05) is 0 Å². The SMILES string of the molecule is O=C(O)COc1ccc(NC(=O)c2ccc(Oc3ccc([N+](=O)[O-])cc3)cc2)cc1. The van der Waals surface area contributed by atoms with Crippen LogP contribution in [0, 0.1) is 10.1 Å². The minimum absolute atomic E-state index is 0.0316. The molecule has 0 heterocycles. The van der Waals surface area contributed by atoms with Crippen molar-refractivity contribution >= 4 is 23.3 Å². The van der Waals surface area contributed by atoms with Crippen LogP contribution in [-0.4, -0.2) is 28.5 Å². The van der Waals surface area contributed by atoms with Gasteiger partial charge in [0, 0.05) is 23.4 Å². The number of hydrogen-bond donors (Lipinski definition) is 2. The summed E-state index contributed by atoms with van der Waals surface area (Å²) in [7, 11) is 0. The summed E-state index contributed by atoms with van der Waals surface area (Å²) in [6.07, 6.45) is 0. The van der Waals surface area contributed by atoms with Gasteiger partial charge in [-0.2, -0.15) is 0 Å². The Bertz CT molecular complexity index is 1050. The van der Waals surface area contributed by atoms with Gasteiger partial charge in [0.1, 0.15) is 17.2 Å². The van der Waals surface area contributed by atoms with E-state index >= 15 is 0 Å². The van der Waals surface area contributed by atoms with Gasteiger partial charge in [-0.25, -0.2) is 4.79 Å². The number of anilines is 1. The zero-order valence-electron chi connectivity index (χ0n) is 15.5. The molecular weight excluding hydrogens is 392 g/mol. The number of ether oxygens (including phenoxy) is 2. The first kappa shape index (κ1) is 20.3. The van der Waals surface area contributed by atoms with Gasteiger partial charge in [0.05, 0.1) is 4.92 Å². The van der Waals surface area contributed by atoms with E-state index in [1.165, 1.54) is 24.3 Å². The fourth-order valence-corrected chi connectivity index (χ4v) is 2.43. The number of nitrogens with zero attached hydrogens (tertiary/aromatic N) is 1. The molecule has 0 bridgehead atoms. The van der Waals surface area contributed by atoms with Gasteiger partial charge in [-0.15, -0.1) is 0 Å². The molecule has 0 atom stereocenters. The van der Waals surface area contributed by atoms with Crippen molar-refractivity contribution in [3.05, 3.63) is 88.5 Å². The third-order valence-corrected chi connectivity index (χ3v) is 3.87. The summed E-state index contributed by atoms with van der Waals surface area (Å²) in [5.74, 6) is -0.129. The molecule has 3 aromatic carbocycles. The first-order valence-electron chi connectivity index (χ1n) is 8.69. The quantitative estimate of drug-likeness (QED) is 0.424. The average Bonchev–Trinajstić information content (AvgIpc) is 2.74. The number of hydrogen-bond acceptors (Lipinski definition) is 6. The molecule has 0 aliphatic heterocycles. The van der Waals surface area contributed by atoms with Gasteiger partial charge in [-0.05, 0) is 60.7 Å². The lowest BCUT2D eigenvalue weighted by molar-refractivity contribution is -0.384. The third kappa shape index (κ3) is 5.55. The van der Waals surface area contributed by atoms with Crippen LogP contribution >= 0.6 is 0 Å². The van der Waals surface area contributed by atoms with Crippen LogP contribution < -0.4 is 14.8 Å². The molecule has 1 amide bonds. The van der Waals surface area contributed by atoms with E-state index in [1.54, 1.807) is 48.5 Å². The van der Waals surface area contributed by atoms with Crippen LogP contribution in [0.3, 0.4) is 0 Å². The molecule has 0 fully saturated rings. The summed E-state index contributed by atoms with van der Waals surface area (Å²) in [5.41, 5.74) is 0.891. The largest absolute Gasteiger partial charge is 0.482 e. The number of non-ortho nitro benzene ring substituents is 1. The Kier molecular flexibility index (Phi) is 6.23. The van der Waals surface area contributed by atoms with Crippen molar-refractivity contribution in [3.63, 3.8) is 0 Å². The monoisotopic (exact) mass is 408 g/mol. The Balaban J connectivity index is 1.58. The highest BCUT2D eigenvalue weighted by atomic mass is 16.6. The van der Waals surface area contributed by atoms with Crippen LogP contribution in [-0.2, 0) is 4.79 Å². The molecule has 152 valence electrons. The molecule has 0 saturated carbocycles. The van der Waals surface area contributed by atoms with Crippen LogP contribution in [0.5, 0.6) is 17.2 Å². The molecule has 30 heavy (non-hydrogen) atoms. The van der Waals surface area contributed by atoms with Gasteiger partial charge < -0.3 is 19.9 Å². The molecule has 0 aliphatic rings. The second-order valence-corrected chi connectivity index (χ2v) is 6.04. The Hall–Kier alpha value is -4.40. The van der Waals surface area contributed by atoms with Gasteiger partial charge in [-0.1, -0.05) is 0 Å². The summed E-state index contributed by atoms with van der Waals surface area (Å²) in [6.45, 7) is -0.444. The third-order valence-electron chi connectivity index (χ3n) is 3.87. The van der Waals surface area contributed by atoms with E-state index in [-0.39, 0.29) is 11.6 Å². The minimum Gasteiger partial charge on any atom is -0.482 e. The molecule has 0 radical (unpaired) electrons. The van der Waals surface area contributed by atoms with Crippen molar-refractivity contribution in [2.45, 2.75) is 0 Å². The Morgan fingerprint density at radius 3 is 1.93 bits per heavy atom. The minimum atomic E-state index is -1.08. The van der Waals surface area contributed by atoms with E-state index in [0.717, 1.165) is 0 Å². The number of carboxylic acids is 1. The second kappa shape index (κ2) is 9.20. The maximum absolute atomic E-state index is 12.4. The number of nitro benzene ring substituents is 1. The van der Waals surface area contributed by atoms with Gasteiger partial charge in [0.2, 0.25) is 0 Å². The highest BCUT2D eigenvalue weighted by molar-refractivity contribution is 6.04. The van der Waals surface area contributed by atoms with Gasteiger partial charge in [-0.3, -0.25) is 14.9 Å². The topological polar surface area (TPSA) is 128 Å². The number of nitro groups is 1. The molecule has 2 N–H and O–H groups in total. The van der Waals surface area contributed by atoms with Gasteiger partial charge in [0.15, 0.2) is 6.61 Å². The van der Waals surface area contributed by atoms with E-state index in [2.05, 4.69) is 5.32 Å². The molecule has 0 spiro atoms. The van der Waals surface area contributed by atoms with Crippen LogP contribution in [0.1, 0.15) is 10.4 Å². The molecule has 3 rings (SSSR count). The number of nitrogens with one attached hydrogen (secondary N) is 1. The van der Waals surface area contributed by atoms with Crippen molar-refractivity contribution in [1.82, 2.24) is 0 Å². The number of rotatable bonds is 8. The Morgan fingerprint density at radius 1 is 0.867 bits per heavy atom. The Morgan fingerprint density at radius 2 is 1.40 bits per heavy atom. The van der Waals surface area contributed by atoms with Gasteiger partial charge in [0.25, 0.3) is 11.6 Å². The molecule has 0 aliphatic carbocycles. The number of carbonyl (C=O) groups is 2. The normalized spacial score (nSPS) is 10.1. The summed E-state index contributed by atoms with van der Waals surface area (Å²) >= 11 is 0. The van der Waals surface area contributed by atoms with E-state index < -0.39 is 17.5 Å². The molecule has 0 saturated heterocycles. The first-order chi connectivity index (χ1) is 14.4. The lowest BCUT2D eigenvalue weighted by atomic mass is 10.2. The van der Waals surface area contributed by atoms with Crippen molar-refractivity contribution in [3.8, 4) is 17.2 Å². The second-order valence-electron chi connectivity index (χ2n) is 6.04. The summed E-state index contributed by atoms with van der Waals surface area (Å²) in [5, 5.41) is 22.0. The van der Waals surface area contributed by atoms with Crippen LogP contribution in [0.25, 0.3) is 0 Å². The average molecular weight is 408 g/mol. The fraction of sp³-hybridized carbons (Fsp3) is 0.0476. The lowest BCUT2D eigenvalue weighted by Gasteiger charge is -2.09. The molecule has 9 nitrogen and oxygen atoms in total. The summed E-state index contributed by atoms with van der Waals surface area (Å²) in [4.78, 5) is 33.0. The number of carbonyl (C=O) groups excluding carboxylic acids is 1. The Labute approximate surface area is 170 Å². The zero-order chi connectivity index (χ0) is 21.5. The van der Waals surface area contributed by atoms with Crippen molar-refractivity contribution in [2.75, 3.05) is 11.9 Å². The molecular formula is C21H16N2O7. The zero-order valence-corrected chi connectivity index (χ0v) is 15.5. The molecule has 3 aromatic rings. The molecule has 9 heteroatoms. The fourth-order valence-electron chi connectivity index (χ4n) is 2.43. The number of carboxylic acid groups (broad SMARTS) is 1. The standard InChI is InChI=1S/C21H16N2O7/c24-20(25)13-29-17-9-3-15(4-10-17)22-21(26)14-1-7-18(8-2-14)30-19-11-5-16(6-12-19)23(27)28/h1-12H,13H2,(H,22,26)(H,24,25). The number of amides is 1. The molecule has 0 aromatic heterocycles. The van der Waals surface area contributed by atoms with Crippen LogP contribution in [0.4, 0.5) is 11.4 Å². The van der Waals surface area contributed by atoms with E-state index in [4.69, 9.17) is 14.6 Å². The van der Waals surface area contributed by atoms with E-state index in [9.17, 15) is 19.7 Å². The predicted molar refractivity (Wildman–Crippen MR) is 107 cm³/mol. The highest BCUT2D eigenvalue weighted by Crippen LogP contribution is 2.24. The van der Waals surface area contributed by atoms with Crippen molar-refractivity contribution in [1.29, 1.82) is 0 Å².